The minimum atomic E-state index is -0.193. The number of nitrogens with two attached hydrogens (primary N) is 1. The second kappa shape index (κ2) is 5.61. The van der Waals surface area contributed by atoms with Crippen LogP contribution in [-0.2, 0) is 13.1 Å². The quantitative estimate of drug-likeness (QED) is 0.873. The minimum Gasteiger partial charge on any atom is -0.326 e. The average molecular weight is 236 g/mol. The molecule has 1 atom stereocenters. The highest BCUT2D eigenvalue weighted by Gasteiger charge is 2.17. The van der Waals surface area contributed by atoms with Crippen LogP contribution in [0, 0.1) is 11.7 Å². The van der Waals surface area contributed by atoms with E-state index >= 15 is 0 Å². The van der Waals surface area contributed by atoms with Gasteiger partial charge >= 0.3 is 0 Å². The molecule has 1 heterocycles. The Balaban J connectivity index is 2.07. The number of halogens is 1. The van der Waals surface area contributed by atoms with E-state index < -0.39 is 0 Å². The third kappa shape index (κ3) is 3.27. The normalized spacial score (nSPS) is 21.7. The summed E-state index contributed by atoms with van der Waals surface area (Å²) in [6, 6.07) is 4.96. The van der Waals surface area contributed by atoms with Crippen molar-refractivity contribution in [3.8, 4) is 0 Å². The molecule has 0 amide bonds. The monoisotopic (exact) mass is 236 g/mol. The lowest BCUT2D eigenvalue weighted by Gasteiger charge is -2.31. The zero-order valence-corrected chi connectivity index (χ0v) is 10.5. The van der Waals surface area contributed by atoms with E-state index in [-0.39, 0.29) is 5.82 Å². The van der Waals surface area contributed by atoms with Crippen molar-refractivity contribution >= 4 is 0 Å². The molecule has 94 valence electrons. The van der Waals surface area contributed by atoms with Gasteiger partial charge in [0.15, 0.2) is 0 Å². The van der Waals surface area contributed by atoms with Crippen molar-refractivity contribution in [2.75, 3.05) is 13.1 Å². The van der Waals surface area contributed by atoms with Crippen LogP contribution < -0.4 is 5.73 Å². The van der Waals surface area contributed by atoms with E-state index in [9.17, 15) is 4.39 Å². The van der Waals surface area contributed by atoms with Crippen LogP contribution in [-0.4, -0.2) is 18.0 Å². The van der Waals surface area contributed by atoms with Gasteiger partial charge in [-0.3, -0.25) is 4.90 Å². The van der Waals surface area contributed by atoms with Crippen LogP contribution in [0.5, 0.6) is 0 Å². The van der Waals surface area contributed by atoms with Crippen molar-refractivity contribution < 1.29 is 4.39 Å². The summed E-state index contributed by atoms with van der Waals surface area (Å²) in [7, 11) is 0. The Bertz CT molecular complexity index is 378. The Morgan fingerprint density at radius 3 is 2.94 bits per heavy atom. The Morgan fingerprint density at radius 2 is 2.24 bits per heavy atom. The second-order valence-corrected chi connectivity index (χ2v) is 5.10. The molecule has 0 bridgehead atoms. The summed E-state index contributed by atoms with van der Waals surface area (Å²) in [5, 5.41) is 0. The van der Waals surface area contributed by atoms with E-state index in [1.54, 1.807) is 6.07 Å². The summed E-state index contributed by atoms with van der Waals surface area (Å²) in [6.45, 7) is 5.89. The molecule has 1 fully saturated rings. The molecule has 2 N–H and O–H groups in total. The summed E-state index contributed by atoms with van der Waals surface area (Å²) in [5.74, 6) is 0.576. The zero-order valence-electron chi connectivity index (χ0n) is 10.5. The summed E-state index contributed by atoms with van der Waals surface area (Å²) in [6.07, 6.45) is 2.59. The Labute approximate surface area is 103 Å². The molecule has 0 aromatic heterocycles. The molecule has 2 nitrogen and oxygen atoms in total. The van der Waals surface area contributed by atoms with E-state index in [1.165, 1.54) is 24.5 Å². The van der Waals surface area contributed by atoms with Crippen molar-refractivity contribution in [1.82, 2.24) is 4.90 Å². The molecule has 1 aromatic rings. The average Bonchev–Trinajstić information content (AvgIpc) is 2.31. The summed E-state index contributed by atoms with van der Waals surface area (Å²) in [4.78, 5) is 2.45. The standard InChI is InChI=1S/C14H21FN2/c1-11-3-2-6-17(9-11)10-12-4-5-14(15)7-13(12)8-16/h4-5,7,11H,2-3,6,8-10,16H2,1H3. The highest BCUT2D eigenvalue weighted by Crippen LogP contribution is 2.19. The highest BCUT2D eigenvalue weighted by molar-refractivity contribution is 5.27. The first-order valence-corrected chi connectivity index (χ1v) is 6.38. The Hall–Kier alpha value is -0.930. The minimum absolute atomic E-state index is 0.193. The number of rotatable bonds is 3. The van der Waals surface area contributed by atoms with Gasteiger partial charge in [-0.15, -0.1) is 0 Å². The molecule has 3 heteroatoms. The van der Waals surface area contributed by atoms with E-state index in [0.29, 0.717) is 6.54 Å². The van der Waals surface area contributed by atoms with E-state index in [2.05, 4.69) is 11.8 Å². The number of hydrogen-bond acceptors (Lipinski definition) is 2. The van der Waals surface area contributed by atoms with Crippen molar-refractivity contribution in [1.29, 1.82) is 0 Å². The summed E-state index contributed by atoms with van der Waals surface area (Å²) in [5.41, 5.74) is 7.77. The lowest BCUT2D eigenvalue weighted by molar-refractivity contribution is 0.176. The van der Waals surface area contributed by atoms with E-state index in [4.69, 9.17) is 5.73 Å². The van der Waals surface area contributed by atoms with Gasteiger partial charge in [0.1, 0.15) is 5.82 Å². The molecule has 1 aromatic carbocycles. The zero-order chi connectivity index (χ0) is 12.3. The topological polar surface area (TPSA) is 29.3 Å². The Morgan fingerprint density at radius 1 is 1.41 bits per heavy atom. The molecule has 0 radical (unpaired) electrons. The third-order valence-electron chi connectivity index (χ3n) is 3.52. The van der Waals surface area contributed by atoms with Crippen molar-refractivity contribution in [2.24, 2.45) is 11.7 Å². The van der Waals surface area contributed by atoms with Crippen LogP contribution in [0.4, 0.5) is 4.39 Å². The van der Waals surface area contributed by atoms with Gasteiger partial charge in [0.25, 0.3) is 0 Å². The van der Waals surface area contributed by atoms with Crippen LogP contribution in [0.25, 0.3) is 0 Å². The van der Waals surface area contributed by atoms with Crippen LogP contribution in [0.15, 0.2) is 18.2 Å². The van der Waals surface area contributed by atoms with Gasteiger partial charge in [0.05, 0.1) is 0 Å². The molecule has 17 heavy (non-hydrogen) atoms. The number of likely N-dealkylation sites (tertiary alicyclic amines) is 1. The van der Waals surface area contributed by atoms with E-state index in [1.807, 2.05) is 6.07 Å². The molecule has 1 saturated heterocycles. The first kappa shape index (κ1) is 12.5. The molecular formula is C14H21FN2. The van der Waals surface area contributed by atoms with Crippen molar-refractivity contribution in [3.63, 3.8) is 0 Å². The predicted molar refractivity (Wildman–Crippen MR) is 68.0 cm³/mol. The lowest BCUT2D eigenvalue weighted by atomic mass is 9.99. The van der Waals surface area contributed by atoms with Gasteiger partial charge < -0.3 is 5.73 Å². The van der Waals surface area contributed by atoms with Gasteiger partial charge in [-0.2, -0.15) is 0 Å². The highest BCUT2D eigenvalue weighted by atomic mass is 19.1. The summed E-state index contributed by atoms with van der Waals surface area (Å²) < 4.78 is 13.1. The van der Waals surface area contributed by atoms with Gasteiger partial charge in [-0.25, -0.2) is 4.39 Å². The maximum atomic E-state index is 13.1. The Kier molecular flexibility index (Phi) is 4.13. The van der Waals surface area contributed by atoms with Crippen LogP contribution in [0.1, 0.15) is 30.9 Å². The van der Waals surface area contributed by atoms with Crippen LogP contribution >= 0.6 is 0 Å². The third-order valence-corrected chi connectivity index (χ3v) is 3.52. The fraction of sp³-hybridized carbons (Fsp3) is 0.571. The predicted octanol–water partition coefficient (Wildman–Crippen LogP) is 2.52. The number of hydrogen-bond donors (Lipinski definition) is 1. The molecule has 2 rings (SSSR count). The maximum absolute atomic E-state index is 13.1. The van der Waals surface area contributed by atoms with Crippen LogP contribution in [0.3, 0.4) is 0 Å². The van der Waals surface area contributed by atoms with Crippen molar-refractivity contribution in [3.05, 3.63) is 35.1 Å². The summed E-state index contributed by atoms with van der Waals surface area (Å²) >= 11 is 0. The smallest absolute Gasteiger partial charge is 0.123 e. The van der Waals surface area contributed by atoms with E-state index in [0.717, 1.165) is 31.1 Å². The van der Waals surface area contributed by atoms with Crippen LogP contribution in [0.2, 0.25) is 0 Å². The first-order chi connectivity index (χ1) is 8.19. The molecule has 0 spiro atoms. The molecule has 0 saturated carbocycles. The van der Waals surface area contributed by atoms with Gasteiger partial charge in [-0.1, -0.05) is 13.0 Å². The molecule has 1 aliphatic rings. The molecule has 1 unspecified atom stereocenters. The first-order valence-electron chi connectivity index (χ1n) is 6.38. The van der Waals surface area contributed by atoms with Crippen molar-refractivity contribution in [2.45, 2.75) is 32.9 Å². The fourth-order valence-electron chi connectivity index (χ4n) is 2.61. The maximum Gasteiger partial charge on any atom is 0.123 e. The van der Waals surface area contributed by atoms with Gasteiger partial charge in [0, 0.05) is 19.6 Å². The van der Waals surface area contributed by atoms with Gasteiger partial charge in [0.2, 0.25) is 0 Å². The molecule has 0 aliphatic carbocycles. The SMILES string of the molecule is CC1CCCN(Cc2ccc(F)cc2CN)C1. The largest absolute Gasteiger partial charge is 0.326 e. The van der Waals surface area contributed by atoms with Gasteiger partial charge in [-0.05, 0) is 48.6 Å². The number of benzene rings is 1. The molecule has 1 aliphatic heterocycles. The molecular weight excluding hydrogens is 215 g/mol. The number of nitrogens with zero attached hydrogens (tertiary/aromatic N) is 1. The number of piperidine rings is 1. The second-order valence-electron chi connectivity index (χ2n) is 5.10. The fourth-order valence-corrected chi connectivity index (χ4v) is 2.61. The lowest BCUT2D eigenvalue weighted by Crippen LogP contribution is -2.34.